The zero-order valence-electron chi connectivity index (χ0n) is 10.4. The van der Waals surface area contributed by atoms with Gasteiger partial charge in [0, 0.05) is 18.5 Å². The standard InChI is InChI=1S/C15H18N2O/c16-10-12-3-1-11(2-4-12)7-15(18)8-13-5-6-14(9-15)17-13/h1-4,13-14,17-18H,5-9H2. The third kappa shape index (κ3) is 2.27. The average molecular weight is 242 g/mol. The molecule has 3 rings (SSSR count). The number of fused-ring (bicyclic) bond motifs is 2. The maximum Gasteiger partial charge on any atom is 0.0991 e. The molecule has 1 aromatic carbocycles. The van der Waals surface area contributed by atoms with Gasteiger partial charge in [0.2, 0.25) is 0 Å². The van der Waals surface area contributed by atoms with E-state index in [-0.39, 0.29) is 0 Å². The maximum absolute atomic E-state index is 10.7. The van der Waals surface area contributed by atoms with Crippen molar-refractivity contribution in [2.45, 2.75) is 49.8 Å². The number of nitrogens with one attached hydrogen (secondary N) is 1. The molecular formula is C15H18N2O. The molecule has 2 atom stereocenters. The first-order chi connectivity index (χ1) is 8.67. The van der Waals surface area contributed by atoms with Crippen LogP contribution in [0.2, 0.25) is 0 Å². The Hall–Kier alpha value is -1.37. The van der Waals surface area contributed by atoms with Crippen molar-refractivity contribution >= 4 is 0 Å². The predicted molar refractivity (Wildman–Crippen MR) is 69.0 cm³/mol. The lowest BCUT2D eigenvalue weighted by Crippen LogP contribution is -2.49. The van der Waals surface area contributed by atoms with Crippen LogP contribution >= 0.6 is 0 Å². The summed E-state index contributed by atoms with van der Waals surface area (Å²) in [6, 6.07) is 10.7. The van der Waals surface area contributed by atoms with Gasteiger partial charge < -0.3 is 10.4 Å². The van der Waals surface area contributed by atoms with Gasteiger partial charge in [-0.2, -0.15) is 5.26 Å². The lowest BCUT2D eigenvalue weighted by atomic mass is 9.82. The summed E-state index contributed by atoms with van der Waals surface area (Å²) in [5, 5.41) is 23.0. The van der Waals surface area contributed by atoms with Crippen molar-refractivity contribution in [3.8, 4) is 6.07 Å². The maximum atomic E-state index is 10.7. The van der Waals surface area contributed by atoms with Crippen molar-refractivity contribution in [2.75, 3.05) is 0 Å². The van der Waals surface area contributed by atoms with E-state index in [1.54, 1.807) is 0 Å². The Labute approximate surface area is 107 Å². The van der Waals surface area contributed by atoms with Crippen molar-refractivity contribution in [3.63, 3.8) is 0 Å². The molecule has 2 N–H and O–H groups in total. The van der Waals surface area contributed by atoms with Gasteiger partial charge in [-0.25, -0.2) is 0 Å². The van der Waals surface area contributed by atoms with Crippen LogP contribution in [0.4, 0.5) is 0 Å². The van der Waals surface area contributed by atoms with Gasteiger partial charge in [-0.05, 0) is 43.4 Å². The molecule has 18 heavy (non-hydrogen) atoms. The first-order valence-corrected chi connectivity index (χ1v) is 6.64. The summed E-state index contributed by atoms with van der Waals surface area (Å²) in [5.74, 6) is 0. The van der Waals surface area contributed by atoms with E-state index in [2.05, 4.69) is 11.4 Å². The minimum atomic E-state index is -0.564. The molecule has 0 amide bonds. The molecule has 0 aromatic heterocycles. The minimum Gasteiger partial charge on any atom is -0.389 e. The molecule has 2 aliphatic rings. The van der Waals surface area contributed by atoms with Crippen LogP contribution in [0, 0.1) is 11.3 Å². The monoisotopic (exact) mass is 242 g/mol. The number of nitrogens with zero attached hydrogens (tertiary/aromatic N) is 1. The van der Waals surface area contributed by atoms with Crippen LogP contribution in [0.25, 0.3) is 0 Å². The normalized spacial score (nSPS) is 34.2. The average Bonchev–Trinajstić information content (AvgIpc) is 2.70. The molecule has 0 aliphatic carbocycles. The van der Waals surface area contributed by atoms with Gasteiger partial charge in [-0.15, -0.1) is 0 Å². The fourth-order valence-corrected chi connectivity index (χ4v) is 3.45. The summed E-state index contributed by atoms with van der Waals surface area (Å²) in [4.78, 5) is 0. The summed E-state index contributed by atoms with van der Waals surface area (Å²) < 4.78 is 0. The highest BCUT2D eigenvalue weighted by Crippen LogP contribution is 2.36. The van der Waals surface area contributed by atoms with E-state index in [1.165, 1.54) is 12.8 Å². The Morgan fingerprint density at radius 1 is 1.22 bits per heavy atom. The molecule has 3 nitrogen and oxygen atoms in total. The van der Waals surface area contributed by atoms with Gasteiger partial charge in [0.25, 0.3) is 0 Å². The Morgan fingerprint density at radius 3 is 2.39 bits per heavy atom. The fourth-order valence-electron chi connectivity index (χ4n) is 3.45. The van der Waals surface area contributed by atoms with E-state index in [0.717, 1.165) is 18.4 Å². The second-order valence-electron chi connectivity index (χ2n) is 5.76. The Morgan fingerprint density at radius 2 is 1.83 bits per heavy atom. The summed E-state index contributed by atoms with van der Waals surface area (Å²) >= 11 is 0. The van der Waals surface area contributed by atoms with Gasteiger partial charge in [-0.3, -0.25) is 0 Å². The number of nitriles is 1. The van der Waals surface area contributed by atoms with Crippen LogP contribution in [0.3, 0.4) is 0 Å². The van der Waals surface area contributed by atoms with E-state index in [9.17, 15) is 5.11 Å². The van der Waals surface area contributed by atoms with Crippen LogP contribution in [0.1, 0.15) is 36.8 Å². The topological polar surface area (TPSA) is 56.0 Å². The number of rotatable bonds is 2. The highest BCUT2D eigenvalue weighted by atomic mass is 16.3. The van der Waals surface area contributed by atoms with Gasteiger partial charge in [0.1, 0.15) is 0 Å². The van der Waals surface area contributed by atoms with Gasteiger partial charge in [0.15, 0.2) is 0 Å². The highest BCUT2D eigenvalue weighted by molar-refractivity contribution is 5.32. The predicted octanol–water partition coefficient (Wildman–Crippen LogP) is 1.75. The SMILES string of the molecule is N#Cc1ccc(CC2(O)CC3CCC(C2)N3)cc1. The number of piperidine rings is 1. The molecule has 0 saturated carbocycles. The quantitative estimate of drug-likeness (QED) is 0.830. The van der Waals surface area contributed by atoms with Crippen molar-refractivity contribution in [3.05, 3.63) is 35.4 Å². The molecule has 0 spiro atoms. The highest BCUT2D eigenvalue weighted by Gasteiger charge is 2.42. The Kier molecular flexibility index (Phi) is 2.85. The molecule has 2 aliphatic heterocycles. The molecule has 0 radical (unpaired) electrons. The molecule has 2 saturated heterocycles. The summed E-state index contributed by atoms with van der Waals surface area (Å²) in [7, 11) is 0. The van der Waals surface area contributed by atoms with Crippen LogP contribution in [0.5, 0.6) is 0 Å². The molecule has 3 heteroatoms. The number of hydrogen-bond acceptors (Lipinski definition) is 3. The smallest absolute Gasteiger partial charge is 0.0991 e. The van der Waals surface area contributed by atoms with Gasteiger partial charge >= 0.3 is 0 Å². The van der Waals surface area contributed by atoms with Crippen LogP contribution < -0.4 is 5.32 Å². The van der Waals surface area contributed by atoms with E-state index >= 15 is 0 Å². The molecule has 1 aromatic rings. The van der Waals surface area contributed by atoms with Crippen LogP contribution in [-0.4, -0.2) is 22.8 Å². The number of hydrogen-bond donors (Lipinski definition) is 2. The van der Waals surface area contributed by atoms with E-state index in [1.807, 2.05) is 24.3 Å². The van der Waals surface area contributed by atoms with E-state index in [0.29, 0.717) is 24.1 Å². The molecule has 2 unspecified atom stereocenters. The molecule has 94 valence electrons. The summed E-state index contributed by atoms with van der Waals surface area (Å²) in [6.07, 6.45) is 4.79. The van der Waals surface area contributed by atoms with Crippen molar-refractivity contribution in [1.29, 1.82) is 5.26 Å². The first-order valence-electron chi connectivity index (χ1n) is 6.64. The first kappa shape index (κ1) is 11.7. The number of benzene rings is 1. The van der Waals surface area contributed by atoms with E-state index < -0.39 is 5.60 Å². The van der Waals surface area contributed by atoms with Crippen molar-refractivity contribution in [1.82, 2.24) is 5.32 Å². The summed E-state index contributed by atoms with van der Waals surface area (Å²) in [6.45, 7) is 0. The lowest BCUT2D eigenvalue weighted by Gasteiger charge is -2.37. The molecule has 2 bridgehead atoms. The van der Waals surface area contributed by atoms with Crippen LogP contribution in [0.15, 0.2) is 24.3 Å². The van der Waals surface area contributed by atoms with Crippen molar-refractivity contribution < 1.29 is 5.11 Å². The summed E-state index contributed by atoms with van der Waals surface area (Å²) in [5.41, 5.74) is 1.24. The zero-order chi connectivity index (χ0) is 12.6. The third-order valence-electron chi connectivity index (χ3n) is 4.20. The van der Waals surface area contributed by atoms with E-state index in [4.69, 9.17) is 5.26 Å². The Balaban J connectivity index is 1.73. The lowest BCUT2D eigenvalue weighted by molar-refractivity contribution is -0.00608. The zero-order valence-corrected chi connectivity index (χ0v) is 10.4. The fraction of sp³-hybridized carbons (Fsp3) is 0.533. The molecule has 2 heterocycles. The molecule has 2 fully saturated rings. The minimum absolute atomic E-state index is 0.493. The van der Waals surface area contributed by atoms with Crippen LogP contribution in [-0.2, 0) is 6.42 Å². The third-order valence-corrected chi connectivity index (χ3v) is 4.20. The molecular weight excluding hydrogens is 224 g/mol. The largest absolute Gasteiger partial charge is 0.389 e. The van der Waals surface area contributed by atoms with Gasteiger partial charge in [0.05, 0.1) is 17.2 Å². The Bertz CT molecular complexity index is 462. The van der Waals surface area contributed by atoms with Gasteiger partial charge in [-0.1, -0.05) is 12.1 Å². The second-order valence-corrected chi connectivity index (χ2v) is 5.76. The van der Waals surface area contributed by atoms with Crippen molar-refractivity contribution in [2.24, 2.45) is 0 Å². The second kappa shape index (κ2) is 4.38. The number of aliphatic hydroxyl groups is 1.